The highest BCUT2D eigenvalue weighted by atomic mass is 35.6. The van der Waals surface area contributed by atoms with Crippen molar-refractivity contribution in [1.82, 2.24) is 0 Å². The highest BCUT2D eigenvalue weighted by Gasteiger charge is 2.43. The van der Waals surface area contributed by atoms with Crippen LogP contribution in [-0.2, 0) is 15.8 Å². The molecule has 0 saturated carbocycles. The first-order valence-electron chi connectivity index (χ1n) is 9.31. The van der Waals surface area contributed by atoms with Crippen LogP contribution in [0.15, 0.2) is 24.3 Å². The first-order chi connectivity index (χ1) is 11.7. The van der Waals surface area contributed by atoms with Crippen LogP contribution in [0.2, 0.25) is 11.1 Å². The van der Waals surface area contributed by atoms with Crippen LogP contribution in [-0.4, -0.2) is 27.4 Å². The normalized spacial score (nSPS) is 14.8. The van der Waals surface area contributed by atoms with Gasteiger partial charge in [-0.2, -0.15) is 0 Å². The van der Waals surface area contributed by atoms with Crippen LogP contribution in [0, 0.1) is 5.92 Å². The Bertz CT molecular complexity index is 482. The van der Waals surface area contributed by atoms with Crippen molar-refractivity contribution in [2.24, 2.45) is 5.92 Å². The van der Waals surface area contributed by atoms with Gasteiger partial charge in [0.2, 0.25) is 0 Å². The van der Waals surface area contributed by atoms with E-state index in [0.717, 1.165) is 17.7 Å². The Labute approximate surface area is 159 Å². The van der Waals surface area contributed by atoms with E-state index in [-0.39, 0.29) is 6.10 Å². The summed E-state index contributed by atoms with van der Waals surface area (Å²) in [5.74, 6) is 1.17. The molecule has 0 amide bonds. The second-order valence-electron chi connectivity index (χ2n) is 7.41. The van der Waals surface area contributed by atoms with Gasteiger partial charge in [-0.15, -0.1) is 11.1 Å². The molecular formula is C20H35ClO3Si. The molecule has 25 heavy (non-hydrogen) atoms. The zero-order valence-corrected chi connectivity index (χ0v) is 18.6. The zero-order chi connectivity index (χ0) is 19.0. The molecule has 0 aliphatic rings. The van der Waals surface area contributed by atoms with Gasteiger partial charge < -0.3 is 13.9 Å². The Morgan fingerprint density at radius 2 is 1.56 bits per heavy atom. The molecule has 0 heterocycles. The molecule has 1 rings (SSSR count). The fourth-order valence-corrected chi connectivity index (χ4v) is 6.05. The van der Waals surface area contributed by atoms with Gasteiger partial charge in [0.05, 0.1) is 26.4 Å². The predicted molar refractivity (Wildman–Crippen MR) is 109 cm³/mol. The third-order valence-corrected chi connectivity index (χ3v) is 11.5. The van der Waals surface area contributed by atoms with Crippen molar-refractivity contribution in [3.8, 4) is 5.75 Å². The van der Waals surface area contributed by atoms with Crippen LogP contribution < -0.4 is 4.74 Å². The molecule has 0 aromatic heterocycles. The van der Waals surface area contributed by atoms with Gasteiger partial charge in [0.1, 0.15) is 5.75 Å². The van der Waals surface area contributed by atoms with Crippen LogP contribution in [0.3, 0.4) is 0 Å². The Morgan fingerprint density at radius 3 is 2.00 bits per heavy atom. The lowest BCUT2D eigenvalue weighted by Gasteiger charge is -2.37. The van der Waals surface area contributed by atoms with Gasteiger partial charge in [0.25, 0.3) is 7.63 Å². The minimum atomic E-state index is -2.26. The SMILES string of the molecule is CCC(O[Si](Cl)(C(C)C)C(C)C)[C@H](C)COCc1ccc(OC)cc1. The molecule has 0 spiro atoms. The van der Waals surface area contributed by atoms with Gasteiger partial charge in [0, 0.05) is 5.92 Å². The molecule has 144 valence electrons. The third-order valence-electron chi connectivity index (χ3n) is 4.75. The van der Waals surface area contributed by atoms with Crippen LogP contribution in [0.4, 0.5) is 0 Å². The summed E-state index contributed by atoms with van der Waals surface area (Å²) < 4.78 is 17.6. The van der Waals surface area contributed by atoms with E-state index >= 15 is 0 Å². The fourth-order valence-electron chi connectivity index (χ4n) is 2.96. The number of benzene rings is 1. The quantitative estimate of drug-likeness (QED) is 0.337. The van der Waals surface area contributed by atoms with Crippen molar-refractivity contribution in [2.75, 3.05) is 13.7 Å². The average Bonchev–Trinajstić information content (AvgIpc) is 2.59. The average molecular weight is 387 g/mol. The van der Waals surface area contributed by atoms with Gasteiger partial charge in [-0.25, -0.2) is 0 Å². The van der Waals surface area contributed by atoms with Crippen LogP contribution >= 0.6 is 11.1 Å². The topological polar surface area (TPSA) is 27.7 Å². The molecule has 0 aliphatic carbocycles. The summed E-state index contributed by atoms with van der Waals surface area (Å²) in [4.78, 5) is 0. The molecule has 1 aromatic carbocycles. The summed E-state index contributed by atoms with van der Waals surface area (Å²) in [6.07, 6.45) is 1.10. The van der Waals surface area contributed by atoms with E-state index in [4.69, 9.17) is 25.0 Å². The number of halogens is 1. The number of hydrogen-bond donors (Lipinski definition) is 0. The van der Waals surface area contributed by atoms with E-state index < -0.39 is 7.63 Å². The Balaban J connectivity index is 2.56. The van der Waals surface area contributed by atoms with E-state index in [1.54, 1.807) is 7.11 Å². The molecule has 0 N–H and O–H groups in total. The van der Waals surface area contributed by atoms with Crippen LogP contribution in [0.5, 0.6) is 5.75 Å². The van der Waals surface area contributed by atoms with E-state index in [1.165, 1.54) is 0 Å². The predicted octanol–water partition coefficient (Wildman–Crippen LogP) is 6.14. The zero-order valence-electron chi connectivity index (χ0n) is 16.8. The Hall–Kier alpha value is -0.553. The third kappa shape index (κ3) is 6.59. The molecule has 5 heteroatoms. The standard InChI is InChI=1S/C20H35ClO3Si/c1-8-20(24-25(21,15(2)3)16(4)5)17(6)13-23-14-18-9-11-19(22-7)12-10-18/h9-12,15-17,20H,8,13-14H2,1-7H3/t17-,20?/m1/s1. The molecule has 0 fully saturated rings. The van der Waals surface area contributed by atoms with Crippen molar-refractivity contribution < 1.29 is 13.9 Å². The lowest BCUT2D eigenvalue weighted by Crippen LogP contribution is -2.44. The number of hydrogen-bond acceptors (Lipinski definition) is 3. The molecule has 0 aliphatic heterocycles. The molecular weight excluding hydrogens is 352 g/mol. The summed E-state index contributed by atoms with van der Waals surface area (Å²) in [7, 11) is -0.589. The van der Waals surface area contributed by atoms with E-state index in [9.17, 15) is 0 Å². The van der Waals surface area contributed by atoms with Crippen molar-refractivity contribution in [3.63, 3.8) is 0 Å². The second kappa shape index (κ2) is 10.6. The lowest BCUT2D eigenvalue weighted by molar-refractivity contribution is 0.0342. The van der Waals surface area contributed by atoms with Gasteiger partial charge in [-0.3, -0.25) is 0 Å². The number of rotatable bonds is 11. The van der Waals surface area contributed by atoms with Crippen molar-refractivity contribution in [1.29, 1.82) is 0 Å². The maximum absolute atomic E-state index is 6.95. The lowest BCUT2D eigenvalue weighted by atomic mass is 10.0. The summed E-state index contributed by atoms with van der Waals surface area (Å²) >= 11 is 6.95. The highest BCUT2D eigenvalue weighted by Crippen LogP contribution is 2.39. The molecule has 2 atom stereocenters. The van der Waals surface area contributed by atoms with Crippen molar-refractivity contribution in [2.45, 2.75) is 71.8 Å². The largest absolute Gasteiger partial charge is 0.497 e. The molecule has 3 nitrogen and oxygen atoms in total. The number of ether oxygens (including phenoxy) is 2. The van der Waals surface area contributed by atoms with Crippen LogP contribution in [0.1, 0.15) is 53.5 Å². The van der Waals surface area contributed by atoms with Gasteiger partial charge in [-0.1, -0.05) is 53.7 Å². The monoisotopic (exact) mass is 386 g/mol. The van der Waals surface area contributed by atoms with E-state index in [1.807, 2.05) is 24.3 Å². The molecule has 0 bridgehead atoms. The summed E-state index contributed by atoms with van der Waals surface area (Å²) in [6.45, 7) is 14.3. The molecule has 1 aromatic rings. The second-order valence-corrected chi connectivity index (χ2v) is 13.1. The maximum Gasteiger partial charge on any atom is 0.295 e. The molecule has 0 radical (unpaired) electrons. The maximum atomic E-state index is 6.95. The van der Waals surface area contributed by atoms with Crippen molar-refractivity contribution >= 4 is 18.7 Å². The Morgan fingerprint density at radius 1 is 1.00 bits per heavy atom. The van der Waals surface area contributed by atoms with E-state index in [2.05, 4.69) is 41.5 Å². The smallest absolute Gasteiger partial charge is 0.295 e. The highest BCUT2D eigenvalue weighted by molar-refractivity contribution is 7.18. The van der Waals surface area contributed by atoms with Crippen LogP contribution in [0.25, 0.3) is 0 Å². The summed E-state index contributed by atoms with van der Waals surface area (Å²) in [5.41, 5.74) is 1.92. The molecule has 0 saturated heterocycles. The van der Waals surface area contributed by atoms with Gasteiger partial charge in [0.15, 0.2) is 0 Å². The van der Waals surface area contributed by atoms with E-state index in [0.29, 0.717) is 30.2 Å². The summed E-state index contributed by atoms with van der Waals surface area (Å²) in [5, 5.41) is 0. The first-order valence-corrected chi connectivity index (χ1v) is 12.4. The fraction of sp³-hybridized carbons (Fsp3) is 0.700. The first kappa shape index (κ1) is 22.5. The minimum Gasteiger partial charge on any atom is -0.497 e. The van der Waals surface area contributed by atoms with Crippen molar-refractivity contribution in [3.05, 3.63) is 29.8 Å². The Kier molecular flexibility index (Phi) is 9.50. The molecule has 1 unspecified atom stereocenters. The van der Waals surface area contributed by atoms with Gasteiger partial charge >= 0.3 is 0 Å². The number of methoxy groups -OCH3 is 1. The minimum absolute atomic E-state index is 0.143. The summed E-state index contributed by atoms with van der Waals surface area (Å²) in [6, 6.07) is 7.98. The van der Waals surface area contributed by atoms with Gasteiger partial charge in [-0.05, 0) is 35.2 Å².